The lowest BCUT2D eigenvalue weighted by molar-refractivity contribution is 0.0998. The summed E-state index contributed by atoms with van der Waals surface area (Å²) in [4.78, 5) is 23.5. The van der Waals surface area contributed by atoms with Crippen molar-refractivity contribution in [1.29, 1.82) is 0 Å². The van der Waals surface area contributed by atoms with Crippen LogP contribution in [0.25, 0.3) is 5.69 Å². The molecule has 3 rings (SSSR count). The summed E-state index contributed by atoms with van der Waals surface area (Å²) in [5.41, 5.74) is 8.80. The number of aryl methyl sites for hydroxylation is 1. The summed E-state index contributed by atoms with van der Waals surface area (Å²) in [5, 5.41) is 2.82. The van der Waals surface area contributed by atoms with E-state index in [2.05, 4.69) is 5.32 Å². The Balaban J connectivity index is 1.82. The fraction of sp³-hybridized carbons (Fsp3) is 0.0526. The number of nitrogens with one attached hydrogen (secondary N) is 1. The molecular formula is C19H17N3O2. The van der Waals surface area contributed by atoms with Gasteiger partial charge in [0.25, 0.3) is 5.91 Å². The minimum absolute atomic E-state index is 0.213. The lowest BCUT2D eigenvalue weighted by Crippen LogP contribution is -2.14. The average Bonchev–Trinajstić information content (AvgIpc) is 3.10. The predicted octanol–water partition coefficient (Wildman–Crippen LogP) is 3.14. The van der Waals surface area contributed by atoms with Gasteiger partial charge in [-0.25, -0.2) is 0 Å². The lowest BCUT2D eigenvalue weighted by Gasteiger charge is -2.11. The number of carbonyl (C=O) groups is 2. The summed E-state index contributed by atoms with van der Waals surface area (Å²) in [7, 11) is 0. The SMILES string of the molecule is Cc1ccc(C(=O)Nc2ccc(C(N)=O)cc2)cc1-n1cccc1. The first kappa shape index (κ1) is 15.6. The summed E-state index contributed by atoms with van der Waals surface area (Å²) >= 11 is 0. The molecule has 0 aliphatic rings. The average molecular weight is 319 g/mol. The van der Waals surface area contributed by atoms with E-state index in [4.69, 9.17) is 5.73 Å². The molecule has 0 saturated carbocycles. The molecular weight excluding hydrogens is 302 g/mol. The highest BCUT2D eigenvalue weighted by Gasteiger charge is 2.10. The number of aromatic nitrogens is 1. The Hall–Kier alpha value is -3.34. The number of primary amides is 1. The Morgan fingerprint density at radius 1 is 0.958 bits per heavy atom. The normalized spacial score (nSPS) is 10.4. The van der Waals surface area contributed by atoms with Gasteiger partial charge in [-0.05, 0) is 61.0 Å². The molecule has 120 valence electrons. The number of anilines is 1. The number of hydrogen-bond acceptors (Lipinski definition) is 2. The molecule has 5 heteroatoms. The highest BCUT2D eigenvalue weighted by molar-refractivity contribution is 6.05. The molecule has 3 N–H and O–H groups in total. The Bertz CT molecular complexity index is 881. The van der Waals surface area contributed by atoms with E-state index in [0.29, 0.717) is 16.8 Å². The van der Waals surface area contributed by atoms with Gasteiger partial charge in [0.05, 0.1) is 0 Å². The van der Waals surface area contributed by atoms with Crippen LogP contribution in [0.2, 0.25) is 0 Å². The van der Waals surface area contributed by atoms with Crippen molar-refractivity contribution >= 4 is 17.5 Å². The highest BCUT2D eigenvalue weighted by Crippen LogP contribution is 2.18. The molecule has 1 aromatic heterocycles. The van der Waals surface area contributed by atoms with E-state index in [1.807, 2.05) is 48.1 Å². The molecule has 0 spiro atoms. The monoisotopic (exact) mass is 319 g/mol. The van der Waals surface area contributed by atoms with Crippen molar-refractivity contribution in [3.63, 3.8) is 0 Å². The van der Waals surface area contributed by atoms with E-state index in [1.165, 1.54) is 0 Å². The fourth-order valence-corrected chi connectivity index (χ4v) is 2.45. The van der Waals surface area contributed by atoms with Gasteiger partial charge in [-0.15, -0.1) is 0 Å². The van der Waals surface area contributed by atoms with Gasteiger partial charge in [0, 0.05) is 34.9 Å². The van der Waals surface area contributed by atoms with Gasteiger partial charge in [0.2, 0.25) is 5.91 Å². The van der Waals surface area contributed by atoms with Gasteiger partial charge in [0.1, 0.15) is 0 Å². The molecule has 0 bridgehead atoms. The number of benzene rings is 2. The molecule has 1 heterocycles. The number of amides is 2. The third-order valence-electron chi connectivity index (χ3n) is 3.78. The molecule has 0 atom stereocenters. The topological polar surface area (TPSA) is 77.1 Å². The van der Waals surface area contributed by atoms with Crippen molar-refractivity contribution in [3.8, 4) is 5.69 Å². The minimum atomic E-state index is -0.497. The van der Waals surface area contributed by atoms with Crippen LogP contribution in [0.1, 0.15) is 26.3 Å². The Morgan fingerprint density at radius 2 is 1.58 bits per heavy atom. The van der Waals surface area contributed by atoms with Crippen LogP contribution in [0.5, 0.6) is 0 Å². The van der Waals surface area contributed by atoms with Crippen molar-refractivity contribution < 1.29 is 9.59 Å². The van der Waals surface area contributed by atoms with Crippen LogP contribution in [0.15, 0.2) is 67.0 Å². The summed E-state index contributed by atoms with van der Waals surface area (Å²) in [5.74, 6) is -0.710. The summed E-state index contributed by atoms with van der Waals surface area (Å²) in [6.07, 6.45) is 3.87. The number of nitrogens with two attached hydrogens (primary N) is 1. The maximum Gasteiger partial charge on any atom is 0.255 e. The molecule has 0 aliphatic carbocycles. The first-order valence-electron chi connectivity index (χ1n) is 7.50. The molecule has 3 aromatic rings. The Kier molecular flexibility index (Phi) is 4.16. The van der Waals surface area contributed by atoms with E-state index in [-0.39, 0.29) is 5.91 Å². The molecule has 5 nitrogen and oxygen atoms in total. The van der Waals surface area contributed by atoms with E-state index < -0.39 is 5.91 Å². The molecule has 24 heavy (non-hydrogen) atoms. The van der Waals surface area contributed by atoms with Crippen molar-refractivity contribution in [3.05, 3.63) is 83.7 Å². The molecule has 0 aliphatic heterocycles. The zero-order valence-electron chi connectivity index (χ0n) is 13.2. The van der Waals surface area contributed by atoms with E-state index in [0.717, 1.165) is 11.3 Å². The third-order valence-corrected chi connectivity index (χ3v) is 3.78. The number of hydrogen-bond donors (Lipinski definition) is 2. The molecule has 0 radical (unpaired) electrons. The Morgan fingerprint density at radius 3 is 2.21 bits per heavy atom. The van der Waals surface area contributed by atoms with Crippen LogP contribution in [-0.4, -0.2) is 16.4 Å². The van der Waals surface area contributed by atoms with Crippen molar-refractivity contribution in [2.75, 3.05) is 5.32 Å². The van der Waals surface area contributed by atoms with Crippen molar-refractivity contribution in [1.82, 2.24) is 4.57 Å². The second kappa shape index (κ2) is 6.42. The van der Waals surface area contributed by atoms with Crippen molar-refractivity contribution in [2.24, 2.45) is 5.73 Å². The number of carbonyl (C=O) groups excluding carboxylic acids is 2. The molecule has 2 amide bonds. The summed E-state index contributed by atoms with van der Waals surface area (Å²) < 4.78 is 1.97. The second-order valence-electron chi connectivity index (χ2n) is 5.49. The zero-order chi connectivity index (χ0) is 17.1. The first-order chi connectivity index (χ1) is 11.5. The van der Waals surface area contributed by atoms with Crippen LogP contribution in [0, 0.1) is 6.92 Å². The van der Waals surface area contributed by atoms with Gasteiger partial charge in [-0.2, -0.15) is 0 Å². The van der Waals surface area contributed by atoms with Gasteiger partial charge >= 0.3 is 0 Å². The third kappa shape index (κ3) is 3.20. The largest absolute Gasteiger partial charge is 0.366 e. The standard InChI is InChI=1S/C19H17N3O2/c1-13-4-5-15(12-17(13)22-10-2-3-11-22)19(24)21-16-8-6-14(7-9-16)18(20)23/h2-12H,1H3,(H2,20,23)(H,21,24). The van der Waals surface area contributed by atoms with Gasteiger partial charge in [-0.3, -0.25) is 9.59 Å². The van der Waals surface area contributed by atoms with E-state index in [1.54, 1.807) is 30.3 Å². The zero-order valence-corrected chi connectivity index (χ0v) is 13.2. The predicted molar refractivity (Wildman–Crippen MR) is 93.4 cm³/mol. The van der Waals surface area contributed by atoms with E-state index >= 15 is 0 Å². The lowest BCUT2D eigenvalue weighted by atomic mass is 10.1. The first-order valence-corrected chi connectivity index (χ1v) is 7.50. The van der Waals surface area contributed by atoms with Crippen LogP contribution in [0.4, 0.5) is 5.69 Å². The second-order valence-corrected chi connectivity index (χ2v) is 5.49. The minimum Gasteiger partial charge on any atom is -0.366 e. The smallest absolute Gasteiger partial charge is 0.255 e. The molecule has 0 saturated heterocycles. The van der Waals surface area contributed by atoms with Crippen LogP contribution in [0.3, 0.4) is 0 Å². The summed E-state index contributed by atoms with van der Waals surface area (Å²) in [6, 6.07) is 15.9. The maximum atomic E-state index is 12.5. The van der Waals surface area contributed by atoms with Crippen LogP contribution < -0.4 is 11.1 Å². The number of rotatable bonds is 4. The van der Waals surface area contributed by atoms with Gasteiger partial charge in [-0.1, -0.05) is 6.07 Å². The van der Waals surface area contributed by atoms with Gasteiger partial charge < -0.3 is 15.6 Å². The van der Waals surface area contributed by atoms with E-state index in [9.17, 15) is 9.59 Å². The molecule has 0 unspecified atom stereocenters. The van der Waals surface area contributed by atoms with Crippen LogP contribution >= 0.6 is 0 Å². The highest BCUT2D eigenvalue weighted by atomic mass is 16.2. The van der Waals surface area contributed by atoms with Crippen molar-refractivity contribution in [2.45, 2.75) is 6.92 Å². The Labute approximate surface area is 139 Å². The molecule has 2 aromatic carbocycles. The maximum absolute atomic E-state index is 12.5. The fourth-order valence-electron chi connectivity index (χ4n) is 2.45. The number of nitrogens with zero attached hydrogens (tertiary/aromatic N) is 1. The summed E-state index contributed by atoms with van der Waals surface area (Å²) in [6.45, 7) is 2.00. The molecule has 0 fully saturated rings. The van der Waals surface area contributed by atoms with Crippen LogP contribution in [-0.2, 0) is 0 Å². The van der Waals surface area contributed by atoms with Gasteiger partial charge in [0.15, 0.2) is 0 Å². The quantitative estimate of drug-likeness (QED) is 0.775.